The Bertz CT molecular complexity index is 1270. The Morgan fingerprint density at radius 3 is 2.47 bits per heavy atom. The summed E-state index contributed by atoms with van der Waals surface area (Å²) in [6.07, 6.45) is 0.679. The summed E-state index contributed by atoms with van der Waals surface area (Å²) in [5.74, 6) is 0.782. The van der Waals surface area contributed by atoms with Crippen LogP contribution in [0.5, 0.6) is 5.75 Å². The van der Waals surface area contributed by atoms with Gasteiger partial charge in [0.1, 0.15) is 12.4 Å². The van der Waals surface area contributed by atoms with Gasteiger partial charge in [-0.05, 0) is 75.8 Å². The van der Waals surface area contributed by atoms with E-state index in [4.69, 9.17) is 9.47 Å². The molecule has 0 aliphatic carbocycles. The van der Waals surface area contributed by atoms with Crippen molar-refractivity contribution < 1.29 is 19.7 Å². The molecule has 1 fully saturated rings. The fraction of sp³-hybridized carbons (Fsp3) is 0.267. The van der Waals surface area contributed by atoms with Gasteiger partial charge in [0.15, 0.2) is 0 Å². The molecule has 0 amide bonds. The first-order chi connectivity index (χ1) is 16.5. The lowest BCUT2D eigenvalue weighted by Gasteiger charge is -2.32. The zero-order valence-corrected chi connectivity index (χ0v) is 19.4. The highest BCUT2D eigenvalue weighted by Gasteiger charge is 2.31. The maximum atomic E-state index is 11.0. The van der Waals surface area contributed by atoms with Gasteiger partial charge in [-0.25, -0.2) is 0 Å². The Hall–Kier alpha value is -3.18. The summed E-state index contributed by atoms with van der Waals surface area (Å²) >= 11 is 0. The number of ether oxygens (including phenoxy) is 2. The first-order valence-electron chi connectivity index (χ1n) is 11.9. The van der Waals surface area contributed by atoms with Crippen LogP contribution in [0.3, 0.4) is 0 Å². The number of rotatable bonds is 6. The van der Waals surface area contributed by atoms with Crippen molar-refractivity contribution in [3.63, 3.8) is 0 Å². The van der Waals surface area contributed by atoms with Gasteiger partial charge in [0.25, 0.3) is 0 Å². The molecule has 1 aliphatic heterocycles. The molecule has 1 unspecified atom stereocenters. The molecule has 0 radical (unpaired) electrons. The van der Waals surface area contributed by atoms with Crippen LogP contribution in [-0.2, 0) is 16.9 Å². The second-order valence-electron chi connectivity index (χ2n) is 9.13. The molecule has 4 heteroatoms. The van der Waals surface area contributed by atoms with Gasteiger partial charge in [-0.15, -0.1) is 0 Å². The van der Waals surface area contributed by atoms with Crippen LogP contribution in [0, 0.1) is 0 Å². The second kappa shape index (κ2) is 9.59. The van der Waals surface area contributed by atoms with E-state index in [0.29, 0.717) is 32.7 Å². The highest BCUT2D eigenvalue weighted by Crippen LogP contribution is 2.35. The van der Waals surface area contributed by atoms with Gasteiger partial charge < -0.3 is 19.7 Å². The van der Waals surface area contributed by atoms with E-state index in [1.807, 2.05) is 60.7 Å². The zero-order valence-electron chi connectivity index (χ0n) is 19.4. The van der Waals surface area contributed by atoms with Gasteiger partial charge in [0.2, 0.25) is 0 Å². The van der Waals surface area contributed by atoms with Crippen molar-refractivity contribution in [1.82, 2.24) is 0 Å². The molecule has 1 aliphatic rings. The average molecular weight is 455 g/mol. The Kier molecular flexibility index (Phi) is 6.38. The minimum atomic E-state index is -0.830. The molecular formula is C30H30O4. The van der Waals surface area contributed by atoms with Crippen LogP contribution in [0.15, 0.2) is 84.9 Å². The molecule has 5 rings (SSSR count). The van der Waals surface area contributed by atoms with E-state index in [0.717, 1.165) is 44.3 Å². The third kappa shape index (κ3) is 4.71. The SMILES string of the molecule is CC(O)c1cc(-c2ccccc2)c2cc(OCc3cccc(C4(O)CCOCC4)c3)ccc2c1. The predicted octanol–water partition coefficient (Wildman–Crippen LogP) is 6.14. The molecule has 34 heavy (non-hydrogen) atoms. The lowest BCUT2D eigenvalue weighted by molar-refractivity contribution is -0.0679. The highest BCUT2D eigenvalue weighted by atomic mass is 16.5. The Morgan fingerprint density at radius 1 is 0.912 bits per heavy atom. The first kappa shape index (κ1) is 22.6. The van der Waals surface area contributed by atoms with E-state index >= 15 is 0 Å². The van der Waals surface area contributed by atoms with Crippen LogP contribution in [0.1, 0.15) is 42.6 Å². The summed E-state index contributed by atoms with van der Waals surface area (Å²) < 4.78 is 11.6. The highest BCUT2D eigenvalue weighted by molar-refractivity contribution is 5.98. The number of aliphatic hydroxyl groups is 2. The first-order valence-corrected chi connectivity index (χ1v) is 11.9. The number of hydrogen-bond donors (Lipinski definition) is 2. The standard InChI is InChI=1S/C30H30O4/c1-21(31)25-17-24-10-11-27(19-29(24)28(18-25)23-7-3-2-4-8-23)34-20-22-6-5-9-26(16-22)30(32)12-14-33-15-13-30/h2-11,16-19,21,31-32H,12-15,20H2,1H3. The number of aliphatic hydroxyl groups excluding tert-OH is 1. The van der Waals surface area contributed by atoms with Gasteiger partial charge in [0.05, 0.1) is 11.7 Å². The molecule has 0 aromatic heterocycles. The molecule has 1 atom stereocenters. The summed E-state index contributed by atoms with van der Waals surface area (Å²) in [6, 6.07) is 28.4. The quantitative estimate of drug-likeness (QED) is 0.368. The van der Waals surface area contributed by atoms with Gasteiger partial charge >= 0.3 is 0 Å². The van der Waals surface area contributed by atoms with Gasteiger partial charge in [-0.2, -0.15) is 0 Å². The fourth-order valence-corrected chi connectivity index (χ4v) is 4.66. The molecule has 2 N–H and O–H groups in total. The molecule has 4 aromatic rings. The summed E-state index contributed by atoms with van der Waals surface area (Å²) in [7, 11) is 0. The summed E-state index contributed by atoms with van der Waals surface area (Å²) in [6.45, 7) is 3.36. The van der Waals surface area contributed by atoms with Crippen LogP contribution in [-0.4, -0.2) is 23.4 Å². The van der Waals surface area contributed by atoms with Crippen molar-refractivity contribution in [3.8, 4) is 16.9 Å². The maximum Gasteiger partial charge on any atom is 0.120 e. The van der Waals surface area contributed by atoms with Crippen LogP contribution in [0.25, 0.3) is 21.9 Å². The molecule has 174 valence electrons. The van der Waals surface area contributed by atoms with E-state index in [-0.39, 0.29) is 0 Å². The monoisotopic (exact) mass is 454 g/mol. The Labute approximate surface area is 200 Å². The lowest BCUT2D eigenvalue weighted by atomic mass is 9.86. The smallest absolute Gasteiger partial charge is 0.120 e. The van der Waals surface area contributed by atoms with Crippen molar-refractivity contribution in [3.05, 3.63) is 102 Å². The van der Waals surface area contributed by atoms with Crippen LogP contribution < -0.4 is 4.74 Å². The predicted molar refractivity (Wildman–Crippen MR) is 135 cm³/mol. The molecule has 0 bridgehead atoms. The van der Waals surface area contributed by atoms with Crippen molar-refractivity contribution in [1.29, 1.82) is 0 Å². The molecular weight excluding hydrogens is 424 g/mol. The van der Waals surface area contributed by atoms with Crippen molar-refractivity contribution in [2.24, 2.45) is 0 Å². The largest absolute Gasteiger partial charge is 0.489 e. The van der Waals surface area contributed by atoms with E-state index in [2.05, 4.69) is 24.3 Å². The van der Waals surface area contributed by atoms with Crippen LogP contribution >= 0.6 is 0 Å². The van der Waals surface area contributed by atoms with Crippen molar-refractivity contribution >= 4 is 10.8 Å². The van der Waals surface area contributed by atoms with Crippen molar-refractivity contribution in [2.75, 3.05) is 13.2 Å². The topological polar surface area (TPSA) is 58.9 Å². The molecule has 4 nitrogen and oxygen atoms in total. The number of benzene rings is 4. The third-order valence-corrected chi connectivity index (χ3v) is 6.71. The van der Waals surface area contributed by atoms with Gasteiger partial charge in [-0.3, -0.25) is 0 Å². The zero-order chi connectivity index (χ0) is 23.5. The van der Waals surface area contributed by atoms with Crippen LogP contribution in [0.4, 0.5) is 0 Å². The van der Waals surface area contributed by atoms with E-state index in [9.17, 15) is 10.2 Å². The molecule has 1 heterocycles. The molecule has 1 saturated heterocycles. The maximum absolute atomic E-state index is 11.0. The second-order valence-corrected chi connectivity index (χ2v) is 9.13. The molecule has 4 aromatic carbocycles. The minimum Gasteiger partial charge on any atom is -0.489 e. The normalized spacial score (nSPS) is 16.3. The Morgan fingerprint density at radius 2 is 1.71 bits per heavy atom. The van der Waals surface area contributed by atoms with Crippen molar-refractivity contribution in [2.45, 2.75) is 38.1 Å². The Balaban J connectivity index is 1.43. The summed E-state index contributed by atoms with van der Waals surface area (Å²) in [5, 5.41) is 23.4. The van der Waals surface area contributed by atoms with E-state index in [1.165, 1.54) is 0 Å². The molecule has 0 spiro atoms. The molecule has 0 saturated carbocycles. The summed E-state index contributed by atoms with van der Waals surface area (Å²) in [5.41, 5.74) is 4.18. The van der Waals surface area contributed by atoms with Crippen LogP contribution in [0.2, 0.25) is 0 Å². The number of fused-ring (bicyclic) bond motifs is 1. The minimum absolute atomic E-state index is 0.415. The summed E-state index contributed by atoms with van der Waals surface area (Å²) in [4.78, 5) is 0. The third-order valence-electron chi connectivity index (χ3n) is 6.71. The van der Waals surface area contributed by atoms with Gasteiger partial charge in [0, 0.05) is 26.1 Å². The van der Waals surface area contributed by atoms with E-state index in [1.54, 1.807) is 6.92 Å². The van der Waals surface area contributed by atoms with E-state index < -0.39 is 11.7 Å². The fourth-order valence-electron chi connectivity index (χ4n) is 4.66. The average Bonchev–Trinajstić information content (AvgIpc) is 2.88. The van der Waals surface area contributed by atoms with Gasteiger partial charge in [-0.1, -0.05) is 54.6 Å². The lowest BCUT2D eigenvalue weighted by Crippen LogP contribution is -2.33. The number of hydrogen-bond acceptors (Lipinski definition) is 4.